The van der Waals surface area contributed by atoms with Crippen LogP contribution in [0.15, 0.2) is 23.3 Å². The minimum Gasteiger partial charge on any atom is -0.271 e. The number of rotatable bonds is 5. The van der Waals surface area contributed by atoms with Crippen LogP contribution in [0.1, 0.15) is 52.0 Å². The molecule has 0 unspecified atom stereocenters. The van der Waals surface area contributed by atoms with Gasteiger partial charge in [-0.15, -0.1) is 0 Å². The van der Waals surface area contributed by atoms with Crippen molar-refractivity contribution >= 4 is 38.9 Å². The van der Waals surface area contributed by atoms with Gasteiger partial charge in [-0.05, 0) is 61.6 Å². The van der Waals surface area contributed by atoms with Gasteiger partial charge in [-0.2, -0.15) is 5.10 Å². The molecule has 0 radical (unpaired) electrons. The molecule has 8 heteroatoms. The van der Waals surface area contributed by atoms with Crippen molar-refractivity contribution in [2.75, 3.05) is 17.1 Å². The Labute approximate surface area is 173 Å². The lowest BCUT2D eigenvalue weighted by Gasteiger charge is -2.34. The quantitative estimate of drug-likeness (QED) is 0.717. The van der Waals surface area contributed by atoms with Gasteiger partial charge in [0.25, 0.3) is 5.91 Å². The first-order valence-electron chi connectivity index (χ1n) is 9.46. The average Bonchev–Trinajstić information content (AvgIpc) is 2.59. The van der Waals surface area contributed by atoms with Crippen LogP contribution in [0.2, 0.25) is 5.02 Å². The van der Waals surface area contributed by atoms with E-state index in [0.717, 1.165) is 47.5 Å². The number of carbonyl (C=O) groups excluding carboxylic acids is 1. The molecule has 2 rings (SSSR count). The number of sulfonamides is 1. The van der Waals surface area contributed by atoms with Gasteiger partial charge < -0.3 is 0 Å². The normalized spacial score (nSPS) is 17.9. The number of hydrogen-bond donors (Lipinski definition) is 1. The predicted molar refractivity (Wildman–Crippen MR) is 115 cm³/mol. The summed E-state index contributed by atoms with van der Waals surface area (Å²) in [6.07, 6.45) is 4.88. The molecule has 0 aliphatic heterocycles. The van der Waals surface area contributed by atoms with Gasteiger partial charge in [0.15, 0.2) is 0 Å². The molecule has 1 aromatic rings. The van der Waals surface area contributed by atoms with Gasteiger partial charge in [-0.25, -0.2) is 13.8 Å². The Kier molecular flexibility index (Phi) is 7.15. The number of nitrogens with one attached hydrogen (secondary N) is 1. The number of hydrazone groups is 1. The van der Waals surface area contributed by atoms with E-state index < -0.39 is 15.9 Å². The minimum absolute atomic E-state index is 0.277. The van der Waals surface area contributed by atoms with Gasteiger partial charge in [-0.3, -0.25) is 9.10 Å². The summed E-state index contributed by atoms with van der Waals surface area (Å²) in [6.45, 7) is 8.18. The smallest absolute Gasteiger partial charge is 0.260 e. The molecule has 1 fully saturated rings. The molecule has 1 aromatic carbocycles. The molecule has 0 heterocycles. The maximum Gasteiger partial charge on any atom is 0.260 e. The highest BCUT2D eigenvalue weighted by atomic mass is 35.5. The highest BCUT2D eigenvalue weighted by Gasteiger charge is 2.28. The molecule has 156 valence electrons. The number of benzene rings is 1. The molecule has 1 aliphatic carbocycles. The van der Waals surface area contributed by atoms with Crippen molar-refractivity contribution in [2.45, 2.75) is 53.4 Å². The van der Waals surface area contributed by atoms with Crippen LogP contribution in [0.3, 0.4) is 0 Å². The maximum absolute atomic E-state index is 12.4. The van der Waals surface area contributed by atoms with Crippen molar-refractivity contribution in [2.24, 2.45) is 16.4 Å². The summed E-state index contributed by atoms with van der Waals surface area (Å²) in [5.41, 5.74) is 4.87. The van der Waals surface area contributed by atoms with E-state index >= 15 is 0 Å². The lowest BCUT2D eigenvalue weighted by atomic mass is 9.72. The number of carbonyl (C=O) groups is 1. The molecule has 1 saturated carbocycles. The first-order valence-corrected chi connectivity index (χ1v) is 11.7. The third-order valence-electron chi connectivity index (χ3n) is 5.25. The average molecular weight is 428 g/mol. The molecule has 1 N–H and O–H groups in total. The molecule has 28 heavy (non-hydrogen) atoms. The summed E-state index contributed by atoms with van der Waals surface area (Å²) in [4.78, 5) is 12.4. The summed E-state index contributed by atoms with van der Waals surface area (Å²) in [5.74, 6) is 0.170. The molecule has 0 atom stereocenters. The van der Waals surface area contributed by atoms with Crippen LogP contribution >= 0.6 is 11.6 Å². The van der Waals surface area contributed by atoms with Crippen LogP contribution in [0.5, 0.6) is 0 Å². The molecule has 0 aromatic heterocycles. The third kappa shape index (κ3) is 6.21. The van der Waals surface area contributed by atoms with Gasteiger partial charge in [0.2, 0.25) is 10.0 Å². The standard InChI is InChI=1S/C20H30ClN3O3S/c1-14-6-9-16(21)12-18(14)24(28(5,26)27)13-19(25)23-22-17-10-7-15(8-11-17)20(2,3)4/h6,9,12,15H,7-8,10-11,13H2,1-5H3,(H,23,25). The molecule has 6 nitrogen and oxygen atoms in total. The van der Waals surface area contributed by atoms with Gasteiger partial charge in [-0.1, -0.05) is 38.4 Å². The number of nitrogens with zero attached hydrogens (tertiary/aromatic N) is 2. The van der Waals surface area contributed by atoms with Crippen molar-refractivity contribution in [3.8, 4) is 0 Å². The van der Waals surface area contributed by atoms with Crippen LogP contribution in [-0.4, -0.2) is 32.8 Å². The van der Waals surface area contributed by atoms with E-state index in [1.54, 1.807) is 25.1 Å². The van der Waals surface area contributed by atoms with Crippen LogP contribution in [0.25, 0.3) is 0 Å². The first kappa shape index (κ1) is 22.7. The third-order valence-corrected chi connectivity index (χ3v) is 6.62. The summed E-state index contributed by atoms with van der Waals surface area (Å²) >= 11 is 6.01. The number of anilines is 1. The summed E-state index contributed by atoms with van der Waals surface area (Å²) in [6, 6.07) is 4.95. The number of aryl methyl sites for hydroxylation is 1. The fraction of sp³-hybridized carbons (Fsp3) is 0.600. The Balaban J connectivity index is 2.05. The molecule has 0 bridgehead atoms. The van der Waals surface area contributed by atoms with Gasteiger partial charge in [0, 0.05) is 10.7 Å². The number of hydrogen-bond acceptors (Lipinski definition) is 4. The SMILES string of the molecule is Cc1ccc(Cl)cc1N(CC(=O)NN=C1CCC(C(C)(C)C)CC1)S(C)(=O)=O. The highest BCUT2D eigenvalue weighted by molar-refractivity contribution is 7.92. The molecular formula is C20H30ClN3O3S. The van der Waals surface area contributed by atoms with Gasteiger partial charge in [0.05, 0.1) is 11.9 Å². The number of halogens is 1. The van der Waals surface area contributed by atoms with E-state index in [2.05, 4.69) is 31.3 Å². The lowest BCUT2D eigenvalue weighted by molar-refractivity contribution is -0.119. The molecule has 0 saturated heterocycles. The fourth-order valence-electron chi connectivity index (χ4n) is 3.47. The first-order chi connectivity index (χ1) is 12.9. The monoisotopic (exact) mass is 427 g/mol. The largest absolute Gasteiger partial charge is 0.271 e. The van der Waals surface area contributed by atoms with Crippen LogP contribution in [0.4, 0.5) is 5.69 Å². The van der Waals surface area contributed by atoms with Crippen LogP contribution in [-0.2, 0) is 14.8 Å². The van der Waals surface area contributed by atoms with E-state index in [9.17, 15) is 13.2 Å². The topological polar surface area (TPSA) is 78.8 Å². The Bertz CT molecular complexity index is 850. The zero-order valence-corrected chi connectivity index (χ0v) is 18.8. The van der Waals surface area contributed by atoms with Crippen LogP contribution < -0.4 is 9.73 Å². The molecule has 0 spiro atoms. The number of amides is 1. The lowest BCUT2D eigenvalue weighted by Crippen LogP contribution is -2.39. The maximum atomic E-state index is 12.4. The van der Waals surface area contributed by atoms with Crippen molar-refractivity contribution < 1.29 is 13.2 Å². The summed E-state index contributed by atoms with van der Waals surface area (Å²) in [7, 11) is -3.65. The van der Waals surface area contributed by atoms with Crippen molar-refractivity contribution in [3.63, 3.8) is 0 Å². The summed E-state index contributed by atoms with van der Waals surface area (Å²) < 4.78 is 25.5. The second-order valence-electron chi connectivity index (χ2n) is 8.55. The zero-order valence-electron chi connectivity index (χ0n) is 17.3. The van der Waals surface area contributed by atoms with E-state index in [4.69, 9.17) is 11.6 Å². The van der Waals surface area contributed by atoms with Crippen molar-refractivity contribution in [1.29, 1.82) is 0 Å². The highest BCUT2D eigenvalue weighted by Crippen LogP contribution is 2.36. The van der Waals surface area contributed by atoms with Crippen molar-refractivity contribution in [1.82, 2.24) is 5.43 Å². The van der Waals surface area contributed by atoms with E-state index in [1.807, 2.05) is 0 Å². The van der Waals surface area contributed by atoms with E-state index in [-0.39, 0.29) is 12.0 Å². The Morgan fingerprint density at radius 1 is 1.29 bits per heavy atom. The zero-order chi connectivity index (χ0) is 21.1. The second-order valence-corrected chi connectivity index (χ2v) is 10.9. The molecule has 1 aliphatic rings. The summed E-state index contributed by atoms with van der Waals surface area (Å²) in [5, 5.41) is 4.65. The minimum atomic E-state index is -3.65. The Morgan fingerprint density at radius 2 is 1.89 bits per heavy atom. The van der Waals surface area contributed by atoms with E-state index in [1.165, 1.54) is 0 Å². The van der Waals surface area contributed by atoms with Gasteiger partial charge in [0.1, 0.15) is 6.54 Å². The van der Waals surface area contributed by atoms with Crippen molar-refractivity contribution in [3.05, 3.63) is 28.8 Å². The fourth-order valence-corrected chi connectivity index (χ4v) is 4.54. The molecule has 1 amide bonds. The Hall–Kier alpha value is -1.60. The van der Waals surface area contributed by atoms with Crippen LogP contribution in [0, 0.1) is 18.3 Å². The van der Waals surface area contributed by atoms with Gasteiger partial charge >= 0.3 is 0 Å². The molecular weight excluding hydrogens is 398 g/mol. The Morgan fingerprint density at radius 3 is 2.43 bits per heavy atom. The predicted octanol–water partition coefficient (Wildman–Crippen LogP) is 4.12. The second kappa shape index (κ2) is 8.82. The van der Waals surface area contributed by atoms with E-state index in [0.29, 0.717) is 16.6 Å².